The molecule has 1 aliphatic rings. The number of hydrogen-bond acceptors (Lipinski definition) is 5. The molecule has 3 rings (SSSR count). The third-order valence-electron chi connectivity index (χ3n) is 5.46. The lowest BCUT2D eigenvalue weighted by Gasteiger charge is -2.30. The molecule has 0 unspecified atom stereocenters. The van der Waals surface area contributed by atoms with Crippen molar-refractivity contribution in [2.24, 2.45) is 0 Å². The van der Waals surface area contributed by atoms with Crippen LogP contribution in [-0.4, -0.2) is 40.2 Å². The number of carbonyl (C=O) groups excluding carboxylic acids is 1. The summed E-state index contributed by atoms with van der Waals surface area (Å²) in [5.41, 5.74) is -0.310. The van der Waals surface area contributed by atoms with Crippen LogP contribution in [0.4, 0.5) is 11.5 Å². The zero-order valence-corrected chi connectivity index (χ0v) is 17.3. The summed E-state index contributed by atoms with van der Waals surface area (Å²) in [5, 5.41) is 14.0. The van der Waals surface area contributed by atoms with Gasteiger partial charge in [-0.1, -0.05) is 43.7 Å². The van der Waals surface area contributed by atoms with Crippen LogP contribution in [0, 0.1) is 0 Å². The molecule has 1 heterocycles. The van der Waals surface area contributed by atoms with Gasteiger partial charge in [0.15, 0.2) is 0 Å². The number of nitrogens with one attached hydrogen (secondary N) is 2. The van der Waals surface area contributed by atoms with E-state index in [0.717, 1.165) is 25.7 Å². The van der Waals surface area contributed by atoms with Crippen molar-refractivity contribution >= 4 is 29.0 Å². The molecule has 8 heteroatoms. The number of amides is 1. The van der Waals surface area contributed by atoms with Gasteiger partial charge in [-0.3, -0.25) is 9.78 Å². The Labute approximate surface area is 175 Å². The number of rotatable bonds is 5. The van der Waals surface area contributed by atoms with Crippen LogP contribution >= 0.6 is 11.6 Å². The summed E-state index contributed by atoms with van der Waals surface area (Å²) in [7, 11) is 1.77. The molecule has 1 saturated carbocycles. The summed E-state index contributed by atoms with van der Waals surface area (Å²) in [6.07, 6.45) is 8.19. The predicted molar refractivity (Wildman–Crippen MR) is 114 cm³/mol. The number of aromatic amines is 1. The van der Waals surface area contributed by atoms with Crippen LogP contribution in [0.1, 0.15) is 55.3 Å². The second-order valence-electron chi connectivity index (χ2n) is 7.66. The largest absolute Gasteiger partial charge is 0.388 e. The average molecular weight is 419 g/mol. The maximum atomic E-state index is 12.8. The van der Waals surface area contributed by atoms with Gasteiger partial charge in [0.25, 0.3) is 5.91 Å². The topological polar surface area (TPSA) is 98.3 Å². The summed E-state index contributed by atoms with van der Waals surface area (Å²) in [6, 6.07) is 6.74. The van der Waals surface area contributed by atoms with E-state index in [-0.39, 0.29) is 12.5 Å². The number of aliphatic hydroxyl groups is 1. The van der Waals surface area contributed by atoms with Crippen molar-refractivity contribution in [3.63, 3.8) is 0 Å². The molecule has 1 aromatic heterocycles. The number of carbonyl (C=O) groups is 1. The highest BCUT2D eigenvalue weighted by Crippen LogP contribution is 2.28. The van der Waals surface area contributed by atoms with E-state index >= 15 is 0 Å². The number of anilines is 2. The molecule has 1 fully saturated rings. The van der Waals surface area contributed by atoms with E-state index < -0.39 is 11.3 Å². The molecule has 0 atom stereocenters. The summed E-state index contributed by atoms with van der Waals surface area (Å²) in [5.74, 6) is 0.214. The molecule has 0 bridgehead atoms. The Morgan fingerprint density at radius 3 is 2.62 bits per heavy atom. The van der Waals surface area contributed by atoms with Crippen molar-refractivity contribution in [2.45, 2.75) is 50.5 Å². The smallest absolute Gasteiger partial charge is 0.346 e. The first-order valence-electron chi connectivity index (χ1n) is 9.97. The average Bonchev–Trinajstić information content (AvgIpc) is 2.69. The van der Waals surface area contributed by atoms with Crippen molar-refractivity contribution in [3.8, 4) is 0 Å². The lowest BCUT2D eigenvalue weighted by molar-refractivity contribution is 0.0146. The van der Waals surface area contributed by atoms with Gasteiger partial charge in [0, 0.05) is 25.5 Å². The number of hydrogen-bond donors (Lipinski definition) is 3. The van der Waals surface area contributed by atoms with Gasteiger partial charge in [-0.05, 0) is 37.1 Å². The maximum Gasteiger partial charge on any atom is 0.346 e. The molecular formula is C21H27ClN4O3. The van der Waals surface area contributed by atoms with Crippen LogP contribution in [0.15, 0.2) is 35.3 Å². The van der Waals surface area contributed by atoms with Gasteiger partial charge >= 0.3 is 5.69 Å². The minimum Gasteiger partial charge on any atom is -0.388 e. The first-order chi connectivity index (χ1) is 13.9. The predicted octanol–water partition coefficient (Wildman–Crippen LogP) is 3.40. The van der Waals surface area contributed by atoms with E-state index in [2.05, 4.69) is 15.3 Å². The third-order valence-corrected chi connectivity index (χ3v) is 5.79. The minimum atomic E-state index is -0.868. The molecule has 0 spiro atoms. The fourth-order valence-electron chi connectivity index (χ4n) is 3.67. The summed E-state index contributed by atoms with van der Waals surface area (Å²) >= 11 is 6.26. The summed E-state index contributed by atoms with van der Waals surface area (Å²) in [6.45, 7) is 0.208. The monoisotopic (exact) mass is 418 g/mol. The quantitative estimate of drug-likeness (QED) is 0.691. The number of H-pyrrole nitrogens is 1. The summed E-state index contributed by atoms with van der Waals surface area (Å²) in [4.78, 5) is 32.2. The molecule has 2 aromatic rings. The zero-order valence-electron chi connectivity index (χ0n) is 16.6. The number of benzene rings is 1. The van der Waals surface area contributed by atoms with Crippen molar-refractivity contribution < 1.29 is 9.90 Å². The van der Waals surface area contributed by atoms with E-state index in [1.54, 1.807) is 36.2 Å². The number of nitrogens with zero attached hydrogens (tertiary/aromatic N) is 2. The van der Waals surface area contributed by atoms with Gasteiger partial charge in [0.1, 0.15) is 5.82 Å². The van der Waals surface area contributed by atoms with E-state index in [4.69, 9.17) is 11.6 Å². The second-order valence-corrected chi connectivity index (χ2v) is 8.07. The molecule has 1 aliphatic carbocycles. The Bertz CT molecular complexity index is 907. The highest BCUT2D eigenvalue weighted by Gasteiger charge is 2.28. The van der Waals surface area contributed by atoms with Gasteiger partial charge in [-0.2, -0.15) is 0 Å². The lowest BCUT2D eigenvalue weighted by Crippen LogP contribution is -2.43. The van der Waals surface area contributed by atoms with E-state index in [0.29, 0.717) is 34.9 Å². The lowest BCUT2D eigenvalue weighted by atomic mass is 9.87. The maximum absolute atomic E-state index is 12.8. The second kappa shape index (κ2) is 9.41. The molecule has 1 amide bonds. The Hall–Kier alpha value is -2.38. The van der Waals surface area contributed by atoms with Crippen LogP contribution < -0.4 is 15.9 Å². The fraction of sp³-hybridized carbons (Fsp3) is 0.476. The van der Waals surface area contributed by atoms with Crippen molar-refractivity contribution in [3.05, 3.63) is 51.5 Å². The van der Waals surface area contributed by atoms with E-state index in [9.17, 15) is 14.7 Å². The Kier molecular flexibility index (Phi) is 6.92. The van der Waals surface area contributed by atoms with Crippen molar-refractivity contribution in [1.29, 1.82) is 0 Å². The Morgan fingerprint density at radius 1 is 1.24 bits per heavy atom. The molecule has 0 radical (unpaired) electrons. The molecule has 29 heavy (non-hydrogen) atoms. The molecular weight excluding hydrogens is 392 g/mol. The van der Waals surface area contributed by atoms with E-state index in [1.165, 1.54) is 12.6 Å². The Balaban J connectivity index is 1.73. The first-order valence-corrected chi connectivity index (χ1v) is 10.3. The van der Waals surface area contributed by atoms with Gasteiger partial charge in [0.2, 0.25) is 0 Å². The highest BCUT2D eigenvalue weighted by atomic mass is 35.5. The first kappa shape index (κ1) is 21.3. The number of halogens is 1. The van der Waals surface area contributed by atoms with E-state index in [1.807, 2.05) is 0 Å². The zero-order chi connectivity index (χ0) is 20.9. The molecule has 7 nitrogen and oxygen atoms in total. The van der Waals surface area contributed by atoms with Crippen molar-refractivity contribution in [2.75, 3.05) is 18.5 Å². The van der Waals surface area contributed by atoms with Gasteiger partial charge in [0.05, 0.1) is 16.2 Å². The minimum absolute atomic E-state index is 0.208. The highest BCUT2D eigenvalue weighted by molar-refractivity contribution is 6.34. The van der Waals surface area contributed by atoms with Crippen LogP contribution in [-0.2, 0) is 0 Å². The van der Waals surface area contributed by atoms with Gasteiger partial charge < -0.3 is 15.3 Å². The van der Waals surface area contributed by atoms with Crippen LogP contribution in [0.3, 0.4) is 0 Å². The normalized spacial score (nSPS) is 16.5. The fourth-order valence-corrected chi connectivity index (χ4v) is 3.87. The standard InChI is InChI=1S/C21H27ClN4O3/c1-26(18-9-12-23-20(28)25-18)15-7-8-17(22)16(13-15)19(27)24-14-21(29)10-5-3-2-4-6-11-21/h7-9,12-13,29H,2-6,10-11,14H2,1H3,(H,24,27)(H,23,25,28). The molecule has 0 aliphatic heterocycles. The summed E-state index contributed by atoms with van der Waals surface area (Å²) < 4.78 is 0. The molecule has 156 valence electrons. The molecule has 3 N–H and O–H groups in total. The number of aromatic nitrogens is 2. The molecule has 1 aromatic carbocycles. The third kappa shape index (κ3) is 5.58. The van der Waals surface area contributed by atoms with Crippen molar-refractivity contribution in [1.82, 2.24) is 15.3 Å². The molecule has 0 saturated heterocycles. The van der Waals surface area contributed by atoms with Gasteiger partial charge in [-0.25, -0.2) is 9.78 Å². The van der Waals surface area contributed by atoms with Gasteiger partial charge in [-0.15, -0.1) is 0 Å². The van der Waals surface area contributed by atoms with Crippen LogP contribution in [0.25, 0.3) is 0 Å². The Morgan fingerprint density at radius 2 is 1.93 bits per heavy atom. The van der Waals surface area contributed by atoms with Crippen LogP contribution in [0.5, 0.6) is 0 Å². The van der Waals surface area contributed by atoms with Crippen LogP contribution in [0.2, 0.25) is 5.02 Å². The SMILES string of the molecule is CN(c1ccc(Cl)c(C(=O)NCC2(O)CCCCCCC2)c1)c1ccnc(=O)[nH]1.